The Balaban J connectivity index is 2.40. The maximum atomic E-state index is 12.1. The molecule has 0 saturated carbocycles. The van der Waals surface area contributed by atoms with E-state index in [1.165, 1.54) is 0 Å². The van der Waals surface area contributed by atoms with Crippen molar-refractivity contribution in [1.82, 2.24) is 9.55 Å². The Morgan fingerprint density at radius 1 is 1.17 bits per heavy atom. The van der Waals surface area contributed by atoms with Crippen LogP contribution in [0.4, 0.5) is 0 Å². The molecule has 3 aromatic rings. The summed E-state index contributed by atoms with van der Waals surface area (Å²) in [5.41, 5.74) is 3.36. The Kier molecular flexibility index (Phi) is 2.49. The molecule has 0 atom stereocenters. The summed E-state index contributed by atoms with van der Waals surface area (Å²) in [5, 5.41) is 0.612. The lowest BCUT2D eigenvalue weighted by Crippen LogP contribution is -2.15. The SMILES string of the molecule is Cc1ccccc1-n1c(=O)[nH]c2cc(Cl)ccc21. The summed E-state index contributed by atoms with van der Waals surface area (Å²) in [7, 11) is 0. The van der Waals surface area contributed by atoms with Crippen LogP contribution in [0, 0.1) is 6.92 Å². The first kappa shape index (κ1) is 11.1. The van der Waals surface area contributed by atoms with Gasteiger partial charge in [-0.2, -0.15) is 0 Å². The molecule has 3 rings (SSSR count). The maximum Gasteiger partial charge on any atom is 0.331 e. The molecular formula is C14H11ClN2O. The van der Waals surface area contributed by atoms with E-state index in [-0.39, 0.29) is 5.69 Å². The monoisotopic (exact) mass is 258 g/mol. The number of halogens is 1. The van der Waals surface area contributed by atoms with Crippen molar-refractivity contribution in [2.45, 2.75) is 6.92 Å². The third kappa shape index (κ3) is 1.64. The number of nitrogens with zero attached hydrogens (tertiary/aromatic N) is 1. The summed E-state index contributed by atoms with van der Waals surface area (Å²) in [4.78, 5) is 14.9. The van der Waals surface area contributed by atoms with E-state index in [1.807, 2.05) is 37.3 Å². The van der Waals surface area contributed by atoms with Crippen LogP contribution in [0.15, 0.2) is 47.3 Å². The van der Waals surface area contributed by atoms with E-state index in [4.69, 9.17) is 11.6 Å². The molecule has 4 heteroatoms. The zero-order valence-corrected chi connectivity index (χ0v) is 10.5. The molecule has 0 bridgehead atoms. The van der Waals surface area contributed by atoms with Crippen molar-refractivity contribution in [3.8, 4) is 5.69 Å². The maximum absolute atomic E-state index is 12.1. The normalized spacial score (nSPS) is 11.0. The van der Waals surface area contributed by atoms with E-state index in [0.29, 0.717) is 5.02 Å². The second-order valence-corrected chi connectivity index (χ2v) is 4.65. The van der Waals surface area contributed by atoms with Crippen molar-refractivity contribution < 1.29 is 0 Å². The van der Waals surface area contributed by atoms with Gasteiger partial charge in [0, 0.05) is 5.02 Å². The Labute approximate surface area is 109 Å². The van der Waals surface area contributed by atoms with Gasteiger partial charge in [0.2, 0.25) is 0 Å². The van der Waals surface area contributed by atoms with Gasteiger partial charge < -0.3 is 4.98 Å². The lowest BCUT2D eigenvalue weighted by atomic mass is 10.2. The molecule has 1 heterocycles. The Morgan fingerprint density at radius 2 is 1.94 bits per heavy atom. The lowest BCUT2D eigenvalue weighted by Gasteiger charge is -2.06. The number of H-pyrrole nitrogens is 1. The highest BCUT2D eigenvalue weighted by Crippen LogP contribution is 2.20. The third-order valence-electron chi connectivity index (χ3n) is 3.00. The van der Waals surface area contributed by atoms with Gasteiger partial charge in [0.05, 0.1) is 16.7 Å². The first-order valence-electron chi connectivity index (χ1n) is 5.63. The molecule has 0 fully saturated rings. The summed E-state index contributed by atoms with van der Waals surface area (Å²) in [6.45, 7) is 1.98. The first-order chi connectivity index (χ1) is 8.66. The Morgan fingerprint density at radius 3 is 2.72 bits per heavy atom. The summed E-state index contributed by atoms with van der Waals surface area (Å²) < 4.78 is 1.67. The van der Waals surface area contributed by atoms with Crippen LogP contribution in [0.3, 0.4) is 0 Å². The van der Waals surface area contributed by atoms with Crippen LogP contribution in [-0.2, 0) is 0 Å². The number of hydrogen-bond donors (Lipinski definition) is 1. The molecule has 1 N–H and O–H groups in total. The highest BCUT2D eigenvalue weighted by Gasteiger charge is 2.10. The second-order valence-electron chi connectivity index (χ2n) is 4.21. The fourth-order valence-corrected chi connectivity index (χ4v) is 2.31. The van der Waals surface area contributed by atoms with Gasteiger partial charge in [0.1, 0.15) is 0 Å². The number of para-hydroxylation sites is 1. The minimum atomic E-state index is -0.151. The van der Waals surface area contributed by atoms with Crippen LogP contribution >= 0.6 is 11.6 Å². The molecular weight excluding hydrogens is 248 g/mol. The molecule has 0 aliphatic rings. The van der Waals surface area contributed by atoms with Crippen molar-refractivity contribution in [3.05, 3.63) is 63.5 Å². The predicted molar refractivity (Wildman–Crippen MR) is 73.6 cm³/mol. The van der Waals surface area contributed by atoms with Crippen LogP contribution in [0.1, 0.15) is 5.56 Å². The average Bonchev–Trinajstić information content (AvgIpc) is 2.65. The van der Waals surface area contributed by atoms with E-state index < -0.39 is 0 Å². The number of imidazole rings is 1. The minimum Gasteiger partial charge on any atom is -0.305 e. The van der Waals surface area contributed by atoms with Gasteiger partial charge >= 0.3 is 5.69 Å². The third-order valence-corrected chi connectivity index (χ3v) is 3.24. The quantitative estimate of drug-likeness (QED) is 0.715. The van der Waals surface area contributed by atoms with Crippen molar-refractivity contribution in [3.63, 3.8) is 0 Å². The van der Waals surface area contributed by atoms with Crippen LogP contribution in [-0.4, -0.2) is 9.55 Å². The molecule has 0 saturated heterocycles. The van der Waals surface area contributed by atoms with Crippen LogP contribution < -0.4 is 5.69 Å². The molecule has 0 aliphatic heterocycles. The van der Waals surface area contributed by atoms with Crippen molar-refractivity contribution in [1.29, 1.82) is 0 Å². The van der Waals surface area contributed by atoms with Gasteiger partial charge in [-0.1, -0.05) is 29.8 Å². The molecule has 2 aromatic carbocycles. The zero-order valence-electron chi connectivity index (χ0n) is 9.77. The van der Waals surface area contributed by atoms with E-state index >= 15 is 0 Å². The standard InChI is InChI=1S/C14H11ClN2O/c1-9-4-2-3-5-12(9)17-13-7-6-10(15)8-11(13)16-14(17)18/h2-8H,1H3,(H,16,18). The highest BCUT2D eigenvalue weighted by atomic mass is 35.5. The molecule has 0 aliphatic carbocycles. The number of hydrogen-bond acceptors (Lipinski definition) is 1. The molecule has 18 heavy (non-hydrogen) atoms. The van der Waals surface area contributed by atoms with Gasteiger partial charge in [-0.3, -0.25) is 4.57 Å². The van der Waals surface area contributed by atoms with Crippen molar-refractivity contribution in [2.75, 3.05) is 0 Å². The number of nitrogens with one attached hydrogen (secondary N) is 1. The number of aryl methyl sites for hydroxylation is 1. The van der Waals surface area contributed by atoms with Gasteiger partial charge in [-0.25, -0.2) is 4.79 Å². The van der Waals surface area contributed by atoms with Crippen molar-refractivity contribution in [2.24, 2.45) is 0 Å². The van der Waals surface area contributed by atoms with Crippen LogP contribution in [0.5, 0.6) is 0 Å². The minimum absolute atomic E-state index is 0.151. The smallest absolute Gasteiger partial charge is 0.305 e. The van der Waals surface area contributed by atoms with Crippen LogP contribution in [0.2, 0.25) is 5.02 Å². The molecule has 1 aromatic heterocycles. The van der Waals surface area contributed by atoms with Gasteiger partial charge in [-0.15, -0.1) is 0 Å². The molecule has 3 nitrogen and oxygen atoms in total. The molecule has 90 valence electrons. The van der Waals surface area contributed by atoms with Gasteiger partial charge in [0.15, 0.2) is 0 Å². The summed E-state index contributed by atoms with van der Waals surface area (Å²) in [5.74, 6) is 0. The lowest BCUT2D eigenvalue weighted by molar-refractivity contribution is 1.00. The molecule has 0 amide bonds. The van der Waals surface area contributed by atoms with Gasteiger partial charge in [-0.05, 0) is 36.8 Å². The second kappa shape index (κ2) is 4.03. The van der Waals surface area contributed by atoms with E-state index in [9.17, 15) is 4.79 Å². The topological polar surface area (TPSA) is 37.8 Å². The Hall–Kier alpha value is -2.00. The summed E-state index contributed by atoms with van der Waals surface area (Å²) in [6.07, 6.45) is 0. The number of fused-ring (bicyclic) bond motifs is 1. The number of aromatic nitrogens is 2. The number of benzene rings is 2. The Bertz CT molecular complexity index is 786. The van der Waals surface area contributed by atoms with Crippen molar-refractivity contribution >= 4 is 22.6 Å². The summed E-state index contributed by atoms with van der Waals surface area (Å²) in [6, 6.07) is 13.2. The fourth-order valence-electron chi connectivity index (χ4n) is 2.14. The number of aromatic amines is 1. The average molecular weight is 259 g/mol. The fraction of sp³-hybridized carbons (Fsp3) is 0.0714. The zero-order chi connectivity index (χ0) is 12.7. The number of rotatable bonds is 1. The largest absolute Gasteiger partial charge is 0.331 e. The predicted octanol–water partition coefficient (Wildman–Crippen LogP) is 3.28. The molecule has 0 radical (unpaired) electrons. The first-order valence-corrected chi connectivity index (χ1v) is 6.01. The van der Waals surface area contributed by atoms with Gasteiger partial charge in [0.25, 0.3) is 0 Å². The highest BCUT2D eigenvalue weighted by molar-refractivity contribution is 6.31. The van der Waals surface area contributed by atoms with E-state index in [1.54, 1.807) is 16.7 Å². The molecule has 0 unspecified atom stereocenters. The van der Waals surface area contributed by atoms with E-state index in [2.05, 4.69) is 4.98 Å². The van der Waals surface area contributed by atoms with E-state index in [0.717, 1.165) is 22.3 Å². The summed E-state index contributed by atoms with van der Waals surface area (Å²) >= 11 is 5.93. The van der Waals surface area contributed by atoms with Crippen LogP contribution in [0.25, 0.3) is 16.7 Å². The molecule has 0 spiro atoms.